The topological polar surface area (TPSA) is 55.2 Å². The lowest BCUT2D eigenvalue weighted by molar-refractivity contribution is 0.0687. The number of fused-ring (bicyclic) bond motifs is 2. The van der Waals surface area contributed by atoms with Crippen LogP contribution in [0.25, 0.3) is 10.2 Å². The molecule has 1 atom stereocenters. The summed E-state index contributed by atoms with van der Waals surface area (Å²) >= 11 is 1.40. The summed E-state index contributed by atoms with van der Waals surface area (Å²) in [6.45, 7) is 6.48. The van der Waals surface area contributed by atoms with Crippen LogP contribution in [0, 0.1) is 12.8 Å². The van der Waals surface area contributed by atoms with E-state index in [0.717, 1.165) is 61.5 Å². The number of piperidine rings is 1. The second-order valence-corrected chi connectivity index (χ2v) is 8.18. The highest BCUT2D eigenvalue weighted by molar-refractivity contribution is 7.20. The van der Waals surface area contributed by atoms with E-state index in [9.17, 15) is 9.59 Å². The van der Waals surface area contributed by atoms with Gasteiger partial charge in [-0.15, -0.1) is 11.3 Å². The number of carbonyl (C=O) groups is 1. The van der Waals surface area contributed by atoms with Crippen LogP contribution in [0.5, 0.6) is 0 Å². The van der Waals surface area contributed by atoms with Crippen molar-refractivity contribution in [1.82, 2.24) is 14.5 Å². The smallest absolute Gasteiger partial charge is 0.264 e. The summed E-state index contributed by atoms with van der Waals surface area (Å²) in [7, 11) is 0. The number of aromatic nitrogens is 2. The third kappa shape index (κ3) is 2.48. The van der Waals surface area contributed by atoms with Gasteiger partial charge in [0.1, 0.15) is 10.7 Å². The molecular weight excluding hydrogens is 322 g/mol. The van der Waals surface area contributed by atoms with Gasteiger partial charge in [0.05, 0.1) is 10.3 Å². The summed E-state index contributed by atoms with van der Waals surface area (Å²) in [4.78, 5) is 33.9. The molecule has 0 unspecified atom stereocenters. The van der Waals surface area contributed by atoms with Crippen molar-refractivity contribution in [2.75, 3.05) is 13.1 Å². The number of hydrogen-bond donors (Lipinski definition) is 0. The van der Waals surface area contributed by atoms with Crippen LogP contribution in [0.1, 0.15) is 53.7 Å². The summed E-state index contributed by atoms with van der Waals surface area (Å²) in [6, 6.07) is 0. The minimum Gasteiger partial charge on any atom is -0.338 e. The van der Waals surface area contributed by atoms with Crippen LogP contribution in [-0.4, -0.2) is 33.4 Å². The molecule has 2 aliphatic rings. The normalized spacial score (nSPS) is 21.1. The molecule has 5 nitrogen and oxygen atoms in total. The second-order valence-electron chi connectivity index (χ2n) is 7.18. The molecule has 1 saturated heterocycles. The van der Waals surface area contributed by atoms with Crippen molar-refractivity contribution in [3.05, 3.63) is 26.6 Å². The Morgan fingerprint density at radius 1 is 1.25 bits per heavy atom. The zero-order chi connectivity index (χ0) is 16.8. The highest BCUT2D eigenvalue weighted by Gasteiger charge is 2.27. The van der Waals surface area contributed by atoms with Crippen LogP contribution in [0.4, 0.5) is 0 Å². The van der Waals surface area contributed by atoms with Crippen molar-refractivity contribution in [3.8, 4) is 0 Å². The van der Waals surface area contributed by atoms with E-state index in [-0.39, 0.29) is 11.5 Å². The SMILES string of the molecule is Cc1c(C(=O)N2CCC[C@@H](C)C2)sc2nc3n(c(=O)c12)CCCC3. The maximum Gasteiger partial charge on any atom is 0.264 e. The average molecular weight is 345 g/mol. The van der Waals surface area contributed by atoms with E-state index in [0.29, 0.717) is 16.2 Å². The van der Waals surface area contributed by atoms with Crippen LogP contribution >= 0.6 is 11.3 Å². The van der Waals surface area contributed by atoms with Crippen molar-refractivity contribution in [2.24, 2.45) is 5.92 Å². The summed E-state index contributed by atoms with van der Waals surface area (Å²) in [5.41, 5.74) is 0.853. The van der Waals surface area contributed by atoms with Crippen LogP contribution in [-0.2, 0) is 13.0 Å². The third-order valence-electron chi connectivity index (χ3n) is 5.30. The Kier molecular flexibility index (Phi) is 3.95. The fourth-order valence-electron chi connectivity index (χ4n) is 3.95. The van der Waals surface area contributed by atoms with Crippen molar-refractivity contribution in [2.45, 2.75) is 52.5 Å². The monoisotopic (exact) mass is 345 g/mol. The number of carbonyl (C=O) groups excluding carboxylic acids is 1. The van der Waals surface area contributed by atoms with Gasteiger partial charge in [-0.25, -0.2) is 4.98 Å². The first kappa shape index (κ1) is 15.8. The Morgan fingerprint density at radius 3 is 2.88 bits per heavy atom. The molecule has 4 heterocycles. The molecule has 2 aromatic rings. The van der Waals surface area contributed by atoms with Gasteiger partial charge in [0, 0.05) is 26.1 Å². The predicted octanol–water partition coefficient (Wildman–Crippen LogP) is 2.97. The van der Waals surface area contributed by atoms with Gasteiger partial charge in [-0.2, -0.15) is 0 Å². The summed E-state index contributed by atoms with van der Waals surface area (Å²) < 4.78 is 1.81. The average Bonchev–Trinajstić information content (AvgIpc) is 2.91. The molecule has 0 bridgehead atoms. The molecular formula is C18H23N3O2S. The van der Waals surface area contributed by atoms with Gasteiger partial charge in [0.2, 0.25) is 0 Å². The van der Waals surface area contributed by atoms with Gasteiger partial charge in [-0.1, -0.05) is 6.92 Å². The van der Waals surface area contributed by atoms with E-state index < -0.39 is 0 Å². The molecule has 0 aromatic carbocycles. The van der Waals surface area contributed by atoms with Gasteiger partial charge in [0.25, 0.3) is 11.5 Å². The summed E-state index contributed by atoms with van der Waals surface area (Å²) in [5, 5.41) is 0.652. The molecule has 0 N–H and O–H groups in total. The molecule has 0 spiro atoms. The predicted molar refractivity (Wildman–Crippen MR) is 95.9 cm³/mol. The van der Waals surface area contributed by atoms with Gasteiger partial charge >= 0.3 is 0 Å². The molecule has 24 heavy (non-hydrogen) atoms. The highest BCUT2D eigenvalue weighted by atomic mass is 32.1. The Balaban J connectivity index is 1.79. The molecule has 1 fully saturated rings. The number of rotatable bonds is 1. The molecule has 2 aromatic heterocycles. The Morgan fingerprint density at radius 2 is 2.08 bits per heavy atom. The number of aryl methyl sites for hydroxylation is 2. The van der Waals surface area contributed by atoms with E-state index in [4.69, 9.17) is 4.98 Å². The van der Waals surface area contributed by atoms with Crippen LogP contribution in [0.2, 0.25) is 0 Å². The standard InChI is InChI=1S/C18H23N3O2S/c1-11-6-5-8-20(10-11)18(23)15-12(2)14-16(24-15)19-13-7-3-4-9-21(13)17(14)22/h11H,3-10H2,1-2H3/t11-/m1/s1. The molecule has 2 aliphatic heterocycles. The molecule has 0 saturated carbocycles. The number of thiophene rings is 1. The molecule has 1 amide bonds. The zero-order valence-corrected chi connectivity index (χ0v) is 15.1. The summed E-state index contributed by atoms with van der Waals surface area (Å²) in [6.07, 6.45) is 5.21. The number of nitrogens with zero attached hydrogens (tertiary/aromatic N) is 3. The maximum absolute atomic E-state index is 13.0. The van der Waals surface area contributed by atoms with Crippen LogP contribution in [0.3, 0.4) is 0 Å². The van der Waals surface area contributed by atoms with Crippen LogP contribution < -0.4 is 5.56 Å². The van der Waals surface area contributed by atoms with Gasteiger partial charge in [-0.3, -0.25) is 14.2 Å². The first-order valence-corrected chi connectivity index (χ1v) is 9.70. The van der Waals surface area contributed by atoms with Crippen LogP contribution in [0.15, 0.2) is 4.79 Å². The van der Waals surface area contributed by atoms with E-state index >= 15 is 0 Å². The van der Waals surface area contributed by atoms with Gasteiger partial charge < -0.3 is 4.90 Å². The molecule has 6 heteroatoms. The Hall–Kier alpha value is -1.69. The highest BCUT2D eigenvalue weighted by Crippen LogP contribution is 2.30. The fourth-order valence-corrected chi connectivity index (χ4v) is 5.11. The number of hydrogen-bond acceptors (Lipinski definition) is 4. The fraction of sp³-hybridized carbons (Fsp3) is 0.611. The first-order valence-electron chi connectivity index (χ1n) is 8.88. The maximum atomic E-state index is 13.0. The second kappa shape index (κ2) is 5.99. The van der Waals surface area contributed by atoms with Crippen molar-refractivity contribution in [3.63, 3.8) is 0 Å². The van der Waals surface area contributed by atoms with Gasteiger partial charge in [0.15, 0.2) is 0 Å². The van der Waals surface area contributed by atoms with E-state index in [2.05, 4.69) is 6.92 Å². The molecule has 0 radical (unpaired) electrons. The largest absolute Gasteiger partial charge is 0.338 e. The lowest BCUT2D eigenvalue weighted by atomic mass is 10.00. The minimum atomic E-state index is 0.0366. The third-order valence-corrected chi connectivity index (χ3v) is 6.47. The molecule has 4 rings (SSSR count). The first-order chi connectivity index (χ1) is 11.6. The number of amides is 1. The van der Waals surface area contributed by atoms with Crippen molar-refractivity contribution in [1.29, 1.82) is 0 Å². The zero-order valence-electron chi connectivity index (χ0n) is 14.3. The molecule has 0 aliphatic carbocycles. The lowest BCUT2D eigenvalue weighted by Crippen LogP contribution is -2.39. The van der Waals surface area contributed by atoms with E-state index in [1.165, 1.54) is 17.8 Å². The van der Waals surface area contributed by atoms with Crippen molar-refractivity contribution >= 4 is 27.5 Å². The quantitative estimate of drug-likeness (QED) is 0.798. The number of likely N-dealkylation sites (tertiary alicyclic amines) is 1. The minimum absolute atomic E-state index is 0.0366. The summed E-state index contributed by atoms with van der Waals surface area (Å²) in [5.74, 6) is 1.50. The lowest BCUT2D eigenvalue weighted by Gasteiger charge is -2.30. The van der Waals surface area contributed by atoms with E-state index in [1.54, 1.807) is 0 Å². The Bertz CT molecular complexity index is 867. The molecule has 128 valence electrons. The van der Waals surface area contributed by atoms with Crippen molar-refractivity contribution < 1.29 is 4.79 Å². The Labute approximate surface area is 145 Å². The van der Waals surface area contributed by atoms with E-state index in [1.807, 2.05) is 16.4 Å². The van der Waals surface area contributed by atoms with Gasteiger partial charge in [-0.05, 0) is 44.1 Å².